The zero-order valence-electron chi connectivity index (χ0n) is 6.55. The average Bonchev–Trinajstić information content (AvgIpc) is 2.37. The Hall–Kier alpha value is -0.780. The Bertz CT molecular complexity index is 277. The third-order valence-electron chi connectivity index (χ3n) is 1.23. The van der Waals surface area contributed by atoms with Crippen molar-refractivity contribution in [3.63, 3.8) is 0 Å². The second kappa shape index (κ2) is 4.17. The van der Waals surface area contributed by atoms with E-state index in [0.29, 0.717) is 6.54 Å². The minimum absolute atomic E-state index is 0.649. The molecule has 0 fully saturated rings. The van der Waals surface area contributed by atoms with Crippen LogP contribution in [0.15, 0.2) is 11.4 Å². The van der Waals surface area contributed by atoms with Crippen LogP contribution in [0.3, 0.4) is 0 Å². The van der Waals surface area contributed by atoms with Crippen LogP contribution in [0, 0.1) is 18.8 Å². The Balaban J connectivity index is 2.59. The van der Waals surface area contributed by atoms with Crippen LogP contribution in [0.25, 0.3) is 0 Å². The van der Waals surface area contributed by atoms with Gasteiger partial charge in [0.05, 0.1) is 0 Å². The van der Waals surface area contributed by atoms with Crippen LogP contribution in [-0.4, -0.2) is 6.54 Å². The molecule has 0 saturated carbocycles. The number of rotatable bonds is 1. The Kier molecular flexibility index (Phi) is 3.15. The Morgan fingerprint density at radius 2 is 2.45 bits per heavy atom. The molecule has 0 aliphatic heterocycles. The lowest BCUT2D eigenvalue weighted by molar-refractivity contribution is 1.03. The molecule has 1 aromatic rings. The molecule has 2 heteroatoms. The summed E-state index contributed by atoms with van der Waals surface area (Å²) in [5.74, 6) is 6.04. The first kappa shape index (κ1) is 8.32. The molecule has 0 bridgehead atoms. The third-order valence-corrected chi connectivity index (χ3v) is 2.09. The summed E-state index contributed by atoms with van der Waals surface area (Å²) >= 11 is 1.73. The van der Waals surface area contributed by atoms with Gasteiger partial charge in [0, 0.05) is 28.8 Å². The molecule has 58 valence electrons. The van der Waals surface area contributed by atoms with Crippen molar-refractivity contribution in [3.05, 3.63) is 21.9 Å². The molecule has 0 atom stereocenters. The second-order valence-electron chi connectivity index (χ2n) is 2.29. The maximum Gasteiger partial charge on any atom is 0.0354 e. The molecule has 0 saturated heterocycles. The summed E-state index contributed by atoms with van der Waals surface area (Å²) in [5.41, 5.74) is 6.41. The zero-order chi connectivity index (χ0) is 8.10. The van der Waals surface area contributed by atoms with Gasteiger partial charge in [-0.05, 0) is 13.0 Å². The van der Waals surface area contributed by atoms with E-state index in [4.69, 9.17) is 5.73 Å². The molecule has 2 N–H and O–H groups in total. The van der Waals surface area contributed by atoms with E-state index in [2.05, 4.69) is 30.2 Å². The highest BCUT2D eigenvalue weighted by Gasteiger charge is 1.88. The molecule has 0 aromatic carbocycles. The number of aryl methyl sites for hydroxylation is 1. The lowest BCUT2D eigenvalue weighted by atomic mass is 10.3. The van der Waals surface area contributed by atoms with Gasteiger partial charge in [-0.1, -0.05) is 11.8 Å². The maximum absolute atomic E-state index is 5.30. The third kappa shape index (κ3) is 2.75. The van der Waals surface area contributed by atoms with Gasteiger partial charge in [-0.3, -0.25) is 0 Å². The predicted molar refractivity (Wildman–Crippen MR) is 49.6 cm³/mol. The first-order valence-electron chi connectivity index (χ1n) is 3.57. The largest absolute Gasteiger partial charge is 0.330 e. The van der Waals surface area contributed by atoms with Crippen LogP contribution in [-0.2, 0) is 0 Å². The van der Waals surface area contributed by atoms with Crippen LogP contribution in [0.2, 0.25) is 0 Å². The summed E-state index contributed by atoms with van der Waals surface area (Å²) in [6, 6.07) is 2.09. The van der Waals surface area contributed by atoms with Crippen molar-refractivity contribution < 1.29 is 0 Å². The molecule has 0 unspecified atom stereocenters. The summed E-state index contributed by atoms with van der Waals surface area (Å²) in [6.07, 6.45) is 0.787. The number of hydrogen-bond donors (Lipinski definition) is 1. The predicted octanol–water partition coefficient (Wildman–Crippen LogP) is 1.76. The normalized spacial score (nSPS) is 8.91. The minimum atomic E-state index is 0.649. The van der Waals surface area contributed by atoms with E-state index in [0.717, 1.165) is 12.0 Å². The topological polar surface area (TPSA) is 26.0 Å². The molecule has 1 nitrogen and oxygen atoms in total. The molecule has 0 amide bonds. The van der Waals surface area contributed by atoms with E-state index < -0.39 is 0 Å². The minimum Gasteiger partial charge on any atom is -0.330 e. The van der Waals surface area contributed by atoms with Crippen molar-refractivity contribution in [2.24, 2.45) is 5.73 Å². The van der Waals surface area contributed by atoms with Crippen LogP contribution >= 0.6 is 11.3 Å². The van der Waals surface area contributed by atoms with Crippen molar-refractivity contribution in [2.45, 2.75) is 13.3 Å². The molecule has 0 aliphatic carbocycles. The van der Waals surface area contributed by atoms with Gasteiger partial charge in [0.25, 0.3) is 0 Å². The lowest BCUT2D eigenvalue weighted by Gasteiger charge is -1.78. The molecule has 11 heavy (non-hydrogen) atoms. The van der Waals surface area contributed by atoms with E-state index in [1.807, 2.05) is 0 Å². The van der Waals surface area contributed by atoms with E-state index in [1.54, 1.807) is 11.3 Å². The maximum atomic E-state index is 5.30. The summed E-state index contributed by atoms with van der Waals surface area (Å²) in [5, 5.41) is 2.07. The van der Waals surface area contributed by atoms with E-state index in [-0.39, 0.29) is 0 Å². The highest BCUT2D eigenvalue weighted by Crippen LogP contribution is 2.11. The van der Waals surface area contributed by atoms with Crippen LogP contribution in [0.1, 0.15) is 16.9 Å². The van der Waals surface area contributed by atoms with Gasteiger partial charge in [0.1, 0.15) is 0 Å². The van der Waals surface area contributed by atoms with Crippen LogP contribution in [0.4, 0.5) is 0 Å². The first-order valence-corrected chi connectivity index (χ1v) is 4.45. The number of thiophene rings is 1. The fourth-order valence-corrected chi connectivity index (χ4v) is 1.38. The summed E-state index contributed by atoms with van der Waals surface area (Å²) in [6.45, 7) is 2.73. The molecule has 1 aromatic heterocycles. The number of nitrogens with two attached hydrogens (primary N) is 1. The van der Waals surface area contributed by atoms with Crippen LogP contribution in [0.5, 0.6) is 0 Å². The van der Waals surface area contributed by atoms with Crippen molar-refractivity contribution in [1.82, 2.24) is 0 Å². The standard InChI is InChI=1S/C9H11NS/c1-8-6-9(7-11-8)4-2-3-5-10/h6-7H,3,5,10H2,1H3. The van der Waals surface area contributed by atoms with E-state index in [9.17, 15) is 0 Å². The lowest BCUT2D eigenvalue weighted by Crippen LogP contribution is -1.95. The number of hydrogen-bond acceptors (Lipinski definition) is 2. The smallest absolute Gasteiger partial charge is 0.0354 e. The monoisotopic (exact) mass is 165 g/mol. The molecule has 0 spiro atoms. The van der Waals surface area contributed by atoms with Gasteiger partial charge in [0.15, 0.2) is 0 Å². The first-order chi connectivity index (χ1) is 5.33. The van der Waals surface area contributed by atoms with Gasteiger partial charge in [0.2, 0.25) is 0 Å². The average molecular weight is 165 g/mol. The molecule has 1 heterocycles. The highest BCUT2D eigenvalue weighted by molar-refractivity contribution is 7.10. The quantitative estimate of drug-likeness (QED) is 0.630. The SMILES string of the molecule is Cc1cc(C#CCCN)cs1. The zero-order valence-corrected chi connectivity index (χ0v) is 7.37. The second-order valence-corrected chi connectivity index (χ2v) is 3.40. The van der Waals surface area contributed by atoms with Gasteiger partial charge in [-0.2, -0.15) is 0 Å². The van der Waals surface area contributed by atoms with Crippen molar-refractivity contribution >= 4 is 11.3 Å². The van der Waals surface area contributed by atoms with Crippen molar-refractivity contribution in [3.8, 4) is 11.8 Å². The van der Waals surface area contributed by atoms with Crippen LogP contribution < -0.4 is 5.73 Å². The summed E-state index contributed by atoms with van der Waals surface area (Å²) < 4.78 is 0. The summed E-state index contributed by atoms with van der Waals surface area (Å²) in [4.78, 5) is 1.31. The molecule has 1 rings (SSSR count). The fourth-order valence-electron chi connectivity index (χ4n) is 0.746. The van der Waals surface area contributed by atoms with Crippen molar-refractivity contribution in [1.29, 1.82) is 0 Å². The Labute approximate surface area is 71.2 Å². The van der Waals surface area contributed by atoms with Gasteiger partial charge >= 0.3 is 0 Å². The Morgan fingerprint density at radius 1 is 1.64 bits per heavy atom. The highest BCUT2D eigenvalue weighted by atomic mass is 32.1. The van der Waals surface area contributed by atoms with Gasteiger partial charge in [-0.15, -0.1) is 11.3 Å². The van der Waals surface area contributed by atoms with E-state index in [1.165, 1.54) is 4.88 Å². The Morgan fingerprint density at radius 3 is 3.00 bits per heavy atom. The fraction of sp³-hybridized carbons (Fsp3) is 0.333. The summed E-state index contributed by atoms with van der Waals surface area (Å²) in [7, 11) is 0. The van der Waals surface area contributed by atoms with Gasteiger partial charge in [-0.25, -0.2) is 0 Å². The van der Waals surface area contributed by atoms with Gasteiger partial charge < -0.3 is 5.73 Å². The molecule has 0 aliphatic rings. The molecule has 0 radical (unpaired) electrons. The van der Waals surface area contributed by atoms with E-state index >= 15 is 0 Å². The molecular formula is C9H11NS. The molecular weight excluding hydrogens is 154 g/mol. The van der Waals surface area contributed by atoms with Crippen molar-refractivity contribution in [2.75, 3.05) is 6.54 Å².